The van der Waals surface area contributed by atoms with Crippen LogP contribution in [0.4, 0.5) is 5.69 Å². The number of aromatic nitrogens is 1. The van der Waals surface area contributed by atoms with Gasteiger partial charge < -0.3 is 25.5 Å². The van der Waals surface area contributed by atoms with E-state index in [4.69, 9.17) is 22.1 Å². The number of carboxylic acid groups (broad SMARTS) is 1. The van der Waals surface area contributed by atoms with Gasteiger partial charge in [0.15, 0.2) is 6.61 Å². The van der Waals surface area contributed by atoms with Gasteiger partial charge in [-0.2, -0.15) is 0 Å². The van der Waals surface area contributed by atoms with Gasteiger partial charge in [0.2, 0.25) is 5.91 Å². The fraction of sp³-hybridized carbons (Fsp3) is 0.136. The molecule has 2 aromatic carbocycles. The SMILES string of the molecule is NC(=O)COc1ccc([C@H]2CC(=O)Nc3c(C(=O)O)cn(-c4cccc(Cl)c4)c32)cc1. The number of benzene rings is 2. The number of amides is 2. The summed E-state index contributed by atoms with van der Waals surface area (Å²) in [4.78, 5) is 35.2. The van der Waals surface area contributed by atoms with E-state index in [0.717, 1.165) is 5.56 Å². The summed E-state index contributed by atoms with van der Waals surface area (Å²) in [6.45, 7) is -0.241. The number of anilines is 1. The minimum absolute atomic E-state index is 0.00515. The monoisotopic (exact) mass is 439 g/mol. The van der Waals surface area contributed by atoms with Crippen molar-refractivity contribution >= 4 is 35.1 Å². The molecule has 2 heterocycles. The van der Waals surface area contributed by atoms with E-state index in [0.29, 0.717) is 22.2 Å². The molecule has 4 rings (SSSR count). The normalized spacial score (nSPS) is 15.1. The quantitative estimate of drug-likeness (QED) is 0.544. The summed E-state index contributed by atoms with van der Waals surface area (Å²) < 4.78 is 7.03. The number of aromatic carboxylic acids is 1. The standard InChI is InChI=1S/C22H18ClN3O5/c23-13-2-1-3-14(8-13)26-10-17(22(29)30)20-21(26)16(9-19(28)25-20)12-4-6-15(7-5-12)31-11-18(24)27/h1-8,10,16H,9,11H2,(H2,24,27)(H,25,28)(H,29,30)/t16-/m1/s1. The lowest BCUT2D eigenvalue weighted by Crippen LogP contribution is -2.25. The molecule has 2 amide bonds. The van der Waals surface area contributed by atoms with Crippen LogP contribution in [0.15, 0.2) is 54.7 Å². The average Bonchev–Trinajstić information content (AvgIpc) is 3.12. The smallest absolute Gasteiger partial charge is 0.339 e. The molecular weight excluding hydrogens is 422 g/mol. The van der Waals surface area contributed by atoms with E-state index in [1.807, 2.05) is 6.07 Å². The Morgan fingerprint density at radius 3 is 2.61 bits per heavy atom. The number of hydrogen-bond donors (Lipinski definition) is 3. The first-order valence-electron chi connectivity index (χ1n) is 9.39. The summed E-state index contributed by atoms with van der Waals surface area (Å²) in [6, 6.07) is 13.9. The highest BCUT2D eigenvalue weighted by atomic mass is 35.5. The Morgan fingerprint density at radius 1 is 1.23 bits per heavy atom. The molecular formula is C22H18ClN3O5. The van der Waals surface area contributed by atoms with E-state index in [1.54, 1.807) is 47.0 Å². The lowest BCUT2D eigenvalue weighted by molar-refractivity contribution is -0.120. The van der Waals surface area contributed by atoms with Gasteiger partial charge in [0.25, 0.3) is 5.91 Å². The number of carbonyl (C=O) groups is 3. The van der Waals surface area contributed by atoms with Crippen molar-refractivity contribution in [3.05, 3.63) is 76.6 Å². The fourth-order valence-corrected chi connectivity index (χ4v) is 3.88. The van der Waals surface area contributed by atoms with Crippen LogP contribution >= 0.6 is 11.6 Å². The Hall–Kier alpha value is -3.78. The lowest BCUT2D eigenvalue weighted by atomic mass is 9.88. The molecule has 158 valence electrons. The predicted molar refractivity (Wildman–Crippen MR) is 114 cm³/mol. The highest BCUT2D eigenvalue weighted by Gasteiger charge is 2.34. The number of nitrogens with two attached hydrogens (primary N) is 1. The number of hydrogen-bond acceptors (Lipinski definition) is 4. The Balaban J connectivity index is 1.81. The van der Waals surface area contributed by atoms with E-state index in [1.165, 1.54) is 6.20 Å². The van der Waals surface area contributed by atoms with Gasteiger partial charge in [0.05, 0.1) is 11.4 Å². The predicted octanol–water partition coefficient (Wildman–Crippen LogP) is 3.17. The third-order valence-electron chi connectivity index (χ3n) is 5.01. The number of ether oxygens (including phenoxy) is 1. The molecule has 0 saturated carbocycles. The first-order valence-corrected chi connectivity index (χ1v) is 9.76. The topological polar surface area (TPSA) is 124 Å². The van der Waals surface area contributed by atoms with E-state index in [2.05, 4.69) is 5.32 Å². The molecule has 8 nitrogen and oxygen atoms in total. The molecule has 1 aliphatic rings. The molecule has 0 saturated heterocycles. The van der Waals surface area contributed by atoms with E-state index in [9.17, 15) is 19.5 Å². The van der Waals surface area contributed by atoms with Crippen molar-refractivity contribution in [2.24, 2.45) is 5.73 Å². The summed E-state index contributed by atoms with van der Waals surface area (Å²) in [7, 11) is 0. The second kappa shape index (κ2) is 8.16. The molecule has 0 fully saturated rings. The van der Waals surface area contributed by atoms with Gasteiger partial charge in [-0.25, -0.2) is 4.79 Å². The zero-order chi connectivity index (χ0) is 22.1. The summed E-state index contributed by atoms with van der Waals surface area (Å²) in [6.07, 6.45) is 1.62. The van der Waals surface area contributed by atoms with Gasteiger partial charge in [-0.05, 0) is 35.9 Å². The van der Waals surface area contributed by atoms with Crippen LogP contribution < -0.4 is 15.8 Å². The maximum Gasteiger partial charge on any atom is 0.339 e. The van der Waals surface area contributed by atoms with Gasteiger partial charge in [-0.3, -0.25) is 9.59 Å². The molecule has 1 aliphatic heterocycles. The van der Waals surface area contributed by atoms with Crippen LogP contribution in [-0.4, -0.2) is 34.1 Å². The summed E-state index contributed by atoms with van der Waals surface area (Å²) in [5.74, 6) is -1.95. The minimum Gasteiger partial charge on any atom is -0.484 e. The van der Waals surface area contributed by atoms with E-state index >= 15 is 0 Å². The zero-order valence-electron chi connectivity index (χ0n) is 16.2. The number of rotatable bonds is 6. The van der Waals surface area contributed by atoms with Crippen molar-refractivity contribution in [2.75, 3.05) is 11.9 Å². The van der Waals surface area contributed by atoms with Crippen molar-refractivity contribution in [3.63, 3.8) is 0 Å². The maximum absolute atomic E-state index is 12.4. The number of nitrogens with zero attached hydrogens (tertiary/aromatic N) is 1. The first-order chi connectivity index (χ1) is 14.8. The second-order valence-corrected chi connectivity index (χ2v) is 7.52. The number of fused-ring (bicyclic) bond motifs is 1. The molecule has 0 bridgehead atoms. The average molecular weight is 440 g/mol. The molecule has 0 spiro atoms. The summed E-state index contributed by atoms with van der Waals surface area (Å²) in [5.41, 5.74) is 7.47. The Labute approximate surface area is 182 Å². The molecule has 1 atom stereocenters. The second-order valence-electron chi connectivity index (χ2n) is 7.09. The van der Waals surface area contributed by atoms with Crippen molar-refractivity contribution < 1.29 is 24.2 Å². The zero-order valence-corrected chi connectivity index (χ0v) is 16.9. The van der Waals surface area contributed by atoms with Crippen LogP contribution in [0.5, 0.6) is 5.75 Å². The highest BCUT2D eigenvalue weighted by Crippen LogP contribution is 2.42. The lowest BCUT2D eigenvalue weighted by Gasteiger charge is -2.26. The largest absolute Gasteiger partial charge is 0.484 e. The number of nitrogens with one attached hydrogen (secondary N) is 1. The molecule has 1 aromatic heterocycles. The van der Waals surface area contributed by atoms with Gasteiger partial charge in [-0.1, -0.05) is 29.8 Å². The fourth-order valence-electron chi connectivity index (χ4n) is 3.70. The van der Waals surface area contributed by atoms with Crippen LogP contribution in [0.3, 0.4) is 0 Å². The van der Waals surface area contributed by atoms with Gasteiger partial charge in [-0.15, -0.1) is 0 Å². The van der Waals surface area contributed by atoms with Crippen LogP contribution in [0.2, 0.25) is 5.02 Å². The van der Waals surface area contributed by atoms with Gasteiger partial charge in [0, 0.05) is 29.2 Å². The van der Waals surface area contributed by atoms with E-state index in [-0.39, 0.29) is 30.2 Å². The number of carbonyl (C=O) groups excluding carboxylic acids is 2. The Morgan fingerprint density at radius 2 is 1.97 bits per heavy atom. The molecule has 9 heteroatoms. The minimum atomic E-state index is -1.15. The van der Waals surface area contributed by atoms with Gasteiger partial charge >= 0.3 is 5.97 Å². The van der Waals surface area contributed by atoms with Crippen LogP contribution in [0, 0.1) is 0 Å². The van der Waals surface area contributed by atoms with Crippen LogP contribution in [-0.2, 0) is 9.59 Å². The molecule has 4 N–H and O–H groups in total. The van der Waals surface area contributed by atoms with Crippen LogP contribution in [0.25, 0.3) is 5.69 Å². The summed E-state index contributed by atoms with van der Waals surface area (Å²) >= 11 is 6.15. The number of carboxylic acids is 1. The third kappa shape index (κ3) is 4.10. The Bertz CT molecular complexity index is 1190. The molecule has 0 unspecified atom stereocenters. The third-order valence-corrected chi connectivity index (χ3v) is 5.24. The number of primary amides is 1. The van der Waals surface area contributed by atoms with Crippen molar-refractivity contribution in [2.45, 2.75) is 12.3 Å². The number of halogens is 1. The maximum atomic E-state index is 12.4. The van der Waals surface area contributed by atoms with Crippen molar-refractivity contribution in [1.82, 2.24) is 4.57 Å². The van der Waals surface area contributed by atoms with Gasteiger partial charge in [0.1, 0.15) is 11.3 Å². The first kappa shape index (κ1) is 20.5. The highest BCUT2D eigenvalue weighted by molar-refractivity contribution is 6.30. The Kier molecular flexibility index (Phi) is 5.39. The van der Waals surface area contributed by atoms with Crippen molar-refractivity contribution in [3.8, 4) is 11.4 Å². The molecule has 3 aromatic rings. The molecule has 31 heavy (non-hydrogen) atoms. The van der Waals surface area contributed by atoms with Crippen molar-refractivity contribution in [1.29, 1.82) is 0 Å². The molecule has 0 aliphatic carbocycles. The summed E-state index contributed by atoms with van der Waals surface area (Å²) in [5, 5.41) is 12.9. The van der Waals surface area contributed by atoms with Crippen LogP contribution in [0.1, 0.15) is 34.0 Å². The van der Waals surface area contributed by atoms with E-state index < -0.39 is 17.8 Å². The molecule has 0 radical (unpaired) electrons.